The summed E-state index contributed by atoms with van der Waals surface area (Å²) >= 11 is 12.6. The second-order valence-corrected chi connectivity index (χ2v) is 7.66. The maximum absolute atomic E-state index is 3.76. The molecular formula is C12H9Br3S. The zero-order valence-electron chi connectivity index (χ0n) is 8.51. The van der Waals surface area contributed by atoms with E-state index < -0.39 is 0 Å². The van der Waals surface area contributed by atoms with Gasteiger partial charge >= 0.3 is 0 Å². The van der Waals surface area contributed by atoms with Crippen molar-refractivity contribution in [2.75, 3.05) is 0 Å². The molecule has 1 heterocycles. The van der Waals surface area contributed by atoms with Crippen molar-refractivity contribution in [1.29, 1.82) is 0 Å². The molecule has 0 spiro atoms. The fourth-order valence-electron chi connectivity index (χ4n) is 1.51. The number of aryl methyl sites for hydroxylation is 1. The molecule has 0 aliphatic rings. The lowest BCUT2D eigenvalue weighted by molar-refractivity contribution is 1.18. The van der Waals surface area contributed by atoms with Crippen LogP contribution >= 0.6 is 59.1 Å². The van der Waals surface area contributed by atoms with Crippen LogP contribution in [0.5, 0.6) is 0 Å². The van der Waals surface area contributed by atoms with Crippen LogP contribution in [0.2, 0.25) is 0 Å². The Morgan fingerprint density at radius 3 is 2.44 bits per heavy atom. The average molecular weight is 425 g/mol. The van der Waals surface area contributed by atoms with Gasteiger partial charge in [0.15, 0.2) is 0 Å². The van der Waals surface area contributed by atoms with Gasteiger partial charge in [-0.05, 0) is 56.0 Å². The van der Waals surface area contributed by atoms with E-state index in [0.717, 1.165) is 8.26 Å². The molecule has 0 nitrogen and oxygen atoms in total. The maximum Gasteiger partial charge on any atom is 0.0843 e. The Morgan fingerprint density at radius 1 is 1.19 bits per heavy atom. The van der Waals surface area contributed by atoms with Crippen LogP contribution in [0, 0.1) is 6.92 Å². The molecule has 0 amide bonds. The third-order valence-corrected chi connectivity index (χ3v) is 6.99. The first-order chi connectivity index (χ1) is 7.59. The fraction of sp³-hybridized carbons (Fsp3) is 0.167. The molecule has 1 aromatic heterocycles. The Morgan fingerprint density at radius 2 is 1.88 bits per heavy atom. The minimum absolute atomic E-state index is 0.265. The van der Waals surface area contributed by atoms with Gasteiger partial charge in [0.05, 0.1) is 8.61 Å². The molecule has 0 bridgehead atoms. The molecule has 1 atom stereocenters. The van der Waals surface area contributed by atoms with Crippen LogP contribution in [0.4, 0.5) is 0 Å². The smallest absolute Gasteiger partial charge is 0.0843 e. The van der Waals surface area contributed by atoms with E-state index in [9.17, 15) is 0 Å². The minimum Gasteiger partial charge on any atom is -0.131 e. The monoisotopic (exact) mass is 422 g/mol. The van der Waals surface area contributed by atoms with Crippen molar-refractivity contribution >= 4 is 59.1 Å². The highest BCUT2D eigenvalue weighted by Crippen LogP contribution is 2.41. The first kappa shape index (κ1) is 12.8. The molecule has 0 aliphatic heterocycles. The normalized spacial score (nSPS) is 12.8. The maximum atomic E-state index is 3.76. The number of alkyl halides is 1. The molecule has 4 heteroatoms. The fourth-order valence-corrected chi connectivity index (χ4v) is 4.53. The molecule has 1 unspecified atom stereocenters. The van der Waals surface area contributed by atoms with Crippen molar-refractivity contribution < 1.29 is 0 Å². The first-order valence-corrected chi connectivity index (χ1v) is 8.05. The van der Waals surface area contributed by atoms with Crippen LogP contribution in [0.3, 0.4) is 0 Å². The third kappa shape index (κ3) is 2.61. The molecule has 0 saturated heterocycles. The summed E-state index contributed by atoms with van der Waals surface area (Å²) in [5.74, 6) is 0. The van der Waals surface area contributed by atoms with E-state index in [1.54, 1.807) is 11.3 Å². The standard InChI is InChI=1S/C12H9Br3S/c1-7-4-2-3-5-8(7)11(14)10-6-9(13)12(15)16-10/h2-6,11H,1H3. The molecule has 84 valence electrons. The highest BCUT2D eigenvalue weighted by atomic mass is 79.9. The van der Waals surface area contributed by atoms with Gasteiger partial charge in [-0.15, -0.1) is 11.3 Å². The molecule has 2 rings (SSSR count). The zero-order valence-corrected chi connectivity index (χ0v) is 14.1. The number of hydrogen-bond donors (Lipinski definition) is 0. The van der Waals surface area contributed by atoms with Gasteiger partial charge in [-0.1, -0.05) is 40.2 Å². The molecule has 0 aliphatic carbocycles. The lowest BCUT2D eigenvalue weighted by Gasteiger charge is -2.10. The quantitative estimate of drug-likeness (QED) is 0.513. The lowest BCUT2D eigenvalue weighted by atomic mass is 10.1. The second-order valence-electron chi connectivity index (χ2n) is 3.49. The number of benzene rings is 1. The summed E-state index contributed by atoms with van der Waals surface area (Å²) in [5.41, 5.74) is 2.63. The Hall–Kier alpha value is 0.360. The van der Waals surface area contributed by atoms with Crippen molar-refractivity contribution in [3.05, 3.63) is 54.6 Å². The van der Waals surface area contributed by atoms with Crippen molar-refractivity contribution in [1.82, 2.24) is 0 Å². The van der Waals surface area contributed by atoms with Gasteiger partial charge in [-0.25, -0.2) is 0 Å². The Balaban J connectivity index is 2.39. The van der Waals surface area contributed by atoms with E-state index >= 15 is 0 Å². The molecule has 16 heavy (non-hydrogen) atoms. The number of rotatable bonds is 2. The summed E-state index contributed by atoms with van der Waals surface area (Å²) in [6.45, 7) is 2.14. The van der Waals surface area contributed by atoms with Crippen LogP contribution in [0.15, 0.2) is 38.6 Å². The molecule has 0 radical (unpaired) electrons. The minimum atomic E-state index is 0.265. The van der Waals surface area contributed by atoms with E-state index in [-0.39, 0.29) is 4.83 Å². The Bertz CT molecular complexity index is 485. The highest BCUT2D eigenvalue weighted by molar-refractivity contribution is 9.13. The topological polar surface area (TPSA) is 0 Å². The predicted octanol–water partition coefficient (Wildman–Crippen LogP) is 6.07. The van der Waals surface area contributed by atoms with Crippen LogP contribution in [0.1, 0.15) is 20.8 Å². The zero-order chi connectivity index (χ0) is 11.7. The molecule has 0 N–H and O–H groups in total. The van der Waals surface area contributed by atoms with Gasteiger partial charge in [0.2, 0.25) is 0 Å². The van der Waals surface area contributed by atoms with Crippen LogP contribution in [-0.2, 0) is 0 Å². The van der Waals surface area contributed by atoms with Crippen molar-refractivity contribution in [3.8, 4) is 0 Å². The predicted molar refractivity (Wildman–Crippen MR) is 81.7 cm³/mol. The van der Waals surface area contributed by atoms with Gasteiger partial charge in [-0.2, -0.15) is 0 Å². The molecule has 1 aromatic carbocycles. The molecule has 0 fully saturated rings. The van der Waals surface area contributed by atoms with E-state index in [1.807, 2.05) is 0 Å². The average Bonchev–Trinajstić information content (AvgIpc) is 2.59. The third-order valence-electron chi connectivity index (χ3n) is 2.38. The van der Waals surface area contributed by atoms with Gasteiger partial charge in [0.1, 0.15) is 0 Å². The summed E-state index contributed by atoms with van der Waals surface area (Å²) < 4.78 is 2.26. The molecular weight excluding hydrogens is 416 g/mol. The summed E-state index contributed by atoms with van der Waals surface area (Å²) in [6.07, 6.45) is 0. The van der Waals surface area contributed by atoms with Crippen LogP contribution < -0.4 is 0 Å². The van der Waals surface area contributed by atoms with Gasteiger partial charge < -0.3 is 0 Å². The van der Waals surface area contributed by atoms with Crippen molar-refractivity contribution in [2.24, 2.45) is 0 Å². The first-order valence-electron chi connectivity index (χ1n) is 4.74. The number of halogens is 3. The summed E-state index contributed by atoms with van der Waals surface area (Å²) in [7, 11) is 0. The summed E-state index contributed by atoms with van der Waals surface area (Å²) in [4.78, 5) is 1.56. The summed E-state index contributed by atoms with van der Waals surface area (Å²) in [5, 5.41) is 0. The number of thiophene rings is 1. The van der Waals surface area contributed by atoms with Crippen LogP contribution in [0.25, 0.3) is 0 Å². The Kier molecular flexibility index (Phi) is 4.27. The second kappa shape index (κ2) is 5.34. The SMILES string of the molecule is Cc1ccccc1C(Br)c1cc(Br)c(Br)s1. The van der Waals surface area contributed by atoms with E-state index in [0.29, 0.717) is 0 Å². The van der Waals surface area contributed by atoms with Gasteiger partial charge in [0.25, 0.3) is 0 Å². The molecule has 2 aromatic rings. The van der Waals surface area contributed by atoms with Crippen molar-refractivity contribution in [2.45, 2.75) is 11.8 Å². The van der Waals surface area contributed by atoms with Gasteiger partial charge in [-0.3, -0.25) is 0 Å². The van der Waals surface area contributed by atoms with Crippen LogP contribution in [-0.4, -0.2) is 0 Å². The van der Waals surface area contributed by atoms with E-state index in [2.05, 4.69) is 85.0 Å². The van der Waals surface area contributed by atoms with Gasteiger partial charge in [0, 0.05) is 9.35 Å². The summed E-state index contributed by atoms with van der Waals surface area (Å²) in [6, 6.07) is 10.6. The van der Waals surface area contributed by atoms with E-state index in [1.165, 1.54) is 16.0 Å². The lowest BCUT2D eigenvalue weighted by Crippen LogP contribution is -1.92. The Labute approximate surface area is 124 Å². The van der Waals surface area contributed by atoms with E-state index in [4.69, 9.17) is 0 Å². The van der Waals surface area contributed by atoms with Crippen molar-refractivity contribution in [3.63, 3.8) is 0 Å². The largest absolute Gasteiger partial charge is 0.131 e. The molecule has 0 saturated carbocycles. The highest BCUT2D eigenvalue weighted by Gasteiger charge is 2.16. The number of hydrogen-bond acceptors (Lipinski definition) is 1.